The van der Waals surface area contributed by atoms with Crippen molar-refractivity contribution in [3.63, 3.8) is 0 Å². The van der Waals surface area contributed by atoms with Crippen LogP contribution < -0.4 is 0 Å². The first-order valence-corrected chi connectivity index (χ1v) is 10.1. The van der Waals surface area contributed by atoms with Crippen LogP contribution in [0.2, 0.25) is 0 Å². The van der Waals surface area contributed by atoms with Gasteiger partial charge in [-0.25, -0.2) is 4.79 Å². The average molecular weight is 444 g/mol. The van der Waals surface area contributed by atoms with Gasteiger partial charge >= 0.3 is 5.97 Å². The fourth-order valence-corrected chi connectivity index (χ4v) is 3.77. The average Bonchev–Trinajstić information content (AvgIpc) is 3.09. The fraction of sp³-hybridized carbons (Fsp3) is 0.120. The normalized spacial score (nSPS) is 17.2. The van der Waals surface area contributed by atoms with Crippen molar-refractivity contribution < 1.29 is 29.3 Å². The Hall–Kier alpha value is -4.46. The quantitative estimate of drug-likeness (QED) is 0.269. The minimum Gasteiger partial charge on any atom is -0.508 e. The van der Waals surface area contributed by atoms with Gasteiger partial charge in [-0.2, -0.15) is 0 Å². The summed E-state index contributed by atoms with van der Waals surface area (Å²) in [6, 6.07) is 14.8. The van der Waals surface area contributed by atoms with Crippen molar-refractivity contribution in [3.8, 4) is 5.75 Å². The number of rotatable bonds is 5. The molecule has 2 heterocycles. The van der Waals surface area contributed by atoms with Crippen LogP contribution in [0.3, 0.4) is 0 Å². The number of aromatic nitrogens is 1. The van der Waals surface area contributed by atoms with Gasteiger partial charge in [-0.3, -0.25) is 14.6 Å². The lowest BCUT2D eigenvalue weighted by atomic mass is 9.95. The van der Waals surface area contributed by atoms with E-state index in [1.165, 1.54) is 36.5 Å². The van der Waals surface area contributed by atoms with E-state index < -0.39 is 23.7 Å². The molecule has 2 aromatic carbocycles. The van der Waals surface area contributed by atoms with Crippen molar-refractivity contribution in [2.45, 2.75) is 12.6 Å². The third kappa shape index (κ3) is 4.18. The molecule has 1 saturated heterocycles. The minimum absolute atomic E-state index is 0.0308. The lowest BCUT2D eigenvalue weighted by molar-refractivity contribution is -0.140. The standard InChI is InChI=1S/C25H20N2O6/c1-33-25(32)18-4-2-15(3-5-18)14-27-21(16-6-8-19(28)9-7-16)20(23(30)24(27)31)22(29)17-10-12-26-13-11-17/h2-13,21,28-29H,14H2,1H3/b22-20+. The highest BCUT2D eigenvalue weighted by molar-refractivity contribution is 6.46. The monoisotopic (exact) mass is 444 g/mol. The van der Waals surface area contributed by atoms with Gasteiger partial charge in [0.2, 0.25) is 0 Å². The number of amides is 1. The molecule has 166 valence electrons. The Morgan fingerprint density at radius 2 is 1.61 bits per heavy atom. The number of hydrogen-bond donors (Lipinski definition) is 2. The van der Waals surface area contributed by atoms with Crippen molar-refractivity contribution in [1.82, 2.24) is 9.88 Å². The molecule has 0 saturated carbocycles. The lowest BCUT2D eigenvalue weighted by Crippen LogP contribution is -2.29. The van der Waals surface area contributed by atoms with Gasteiger partial charge in [0.1, 0.15) is 11.5 Å². The van der Waals surface area contributed by atoms with E-state index in [-0.39, 0.29) is 23.6 Å². The number of ether oxygens (including phenoxy) is 1. The van der Waals surface area contributed by atoms with Gasteiger partial charge in [-0.1, -0.05) is 24.3 Å². The molecule has 0 radical (unpaired) electrons. The maximum Gasteiger partial charge on any atom is 0.337 e. The number of hydrogen-bond acceptors (Lipinski definition) is 7. The van der Waals surface area contributed by atoms with Crippen LogP contribution in [0.5, 0.6) is 5.75 Å². The molecule has 33 heavy (non-hydrogen) atoms. The molecule has 1 aromatic heterocycles. The molecule has 1 fully saturated rings. The zero-order valence-electron chi connectivity index (χ0n) is 17.6. The smallest absolute Gasteiger partial charge is 0.337 e. The summed E-state index contributed by atoms with van der Waals surface area (Å²) in [4.78, 5) is 43.0. The van der Waals surface area contributed by atoms with E-state index in [0.717, 1.165) is 0 Å². The Kier molecular flexibility index (Phi) is 5.91. The number of likely N-dealkylation sites (tertiary alicyclic amines) is 1. The predicted octanol–water partition coefficient (Wildman–Crippen LogP) is 3.20. The number of ketones is 1. The van der Waals surface area contributed by atoms with Gasteiger partial charge in [-0.05, 0) is 47.5 Å². The van der Waals surface area contributed by atoms with E-state index in [4.69, 9.17) is 4.74 Å². The van der Waals surface area contributed by atoms with Gasteiger partial charge in [-0.15, -0.1) is 0 Å². The molecule has 0 aliphatic carbocycles. The lowest BCUT2D eigenvalue weighted by Gasteiger charge is -2.25. The summed E-state index contributed by atoms with van der Waals surface area (Å²) in [7, 11) is 1.29. The molecule has 8 nitrogen and oxygen atoms in total. The molecular formula is C25H20N2O6. The number of nitrogens with zero attached hydrogens (tertiary/aromatic N) is 2. The summed E-state index contributed by atoms with van der Waals surface area (Å²) in [5.74, 6) is -2.33. The molecule has 4 rings (SSSR count). The van der Waals surface area contributed by atoms with Gasteiger partial charge in [0.25, 0.3) is 11.7 Å². The first-order valence-electron chi connectivity index (χ1n) is 10.1. The third-order valence-corrected chi connectivity index (χ3v) is 5.43. The molecule has 1 amide bonds. The molecule has 1 aliphatic heterocycles. The Morgan fingerprint density at radius 3 is 2.21 bits per heavy atom. The summed E-state index contributed by atoms with van der Waals surface area (Å²) in [5.41, 5.74) is 1.89. The molecule has 2 N–H and O–H groups in total. The zero-order valence-corrected chi connectivity index (χ0v) is 17.6. The highest BCUT2D eigenvalue weighted by atomic mass is 16.5. The Balaban J connectivity index is 1.78. The number of aromatic hydroxyl groups is 1. The number of aliphatic hydroxyl groups excluding tert-OH is 1. The van der Waals surface area contributed by atoms with E-state index in [1.807, 2.05) is 0 Å². The Bertz CT molecular complexity index is 1230. The van der Waals surface area contributed by atoms with Crippen molar-refractivity contribution in [2.24, 2.45) is 0 Å². The number of benzene rings is 2. The summed E-state index contributed by atoms with van der Waals surface area (Å²) < 4.78 is 4.70. The van der Waals surface area contributed by atoms with Crippen LogP contribution in [0, 0.1) is 0 Å². The number of methoxy groups -OCH3 is 1. The van der Waals surface area contributed by atoms with Crippen LogP contribution in [-0.2, 0) is 20.9 Å². The second kappa shape index (κ2) is 8.96. The number of carbonyl (C=O) groups is 3. The van der Waals surface area contributed by atoms with Crippen LogP contribution in [0.25, 0.3) is 5.76 Å². The Labute approximate surface area is 189 Å². The molecule has 8 heteroatoms. The van der Waals surface area contributed by atoms with Gasteiger partial charge in [0.15, 0.2) is 0 Å². The number of phenolic OH excluding ortho intramolecular Hbond substituents is 1. The van der Waals surface area contributed by atoms with Crippen LogP contribution >= 0.6 is 0 Å². The molecule has 0 bridgehead atoms. The number of aliphatic hydroxyl groups is 1. The topological polar surface area (TPSA) is 117 Å². The van der Waals surface area contributed by atoms with Gasteiger partial charge < -0.3 is 19.8 Å². The number of phenols is 1. The highest BCUT2D eigenvalue weighted by Gasteiger charge is 2.46. The fourth-order valence-electron chi connectivity index (χ4n) is 3.77. The minimum atomic E-state index is -0.876. The van der Waals surface area contributed by atoms with Crippen molar-refractivity contribution in [3.05, 3.63) is 101 Å². The maximum atomic E-state index is 13.0. The van der Waals surface area contributed by atoms with Crippen molar-refractivity contribution >= 4 is 23.4 Å². The van der Waals surface area contributed by atoms with Crippen molar-refractivity contribution in [1.29, 1.82) is 0 Å². The summed E-state index contributed by atoms with van der Waals surface area (Å²) in [6.45, 7) is 0.0602. The molecule has 1 atom stereocenters. The van der Waals surface area contributed by atoms with Crippen LogP contribution in [-0.4, -0.2) is 44.9 Å². The van der Waals surface area contributed by atoms with E-state index in [1.54, 1.807) is 48.5 Å². The SMILES string of the molecule is COC(=O)c1ccc(CN2C(=O)C(=O)/C(=C(/O)c3ccncc3)C2c2ccc(O)cc2)cc1. The van der Waals surface area contributed by atoms with E-state index in [0.29, 0.717) is 22.3 Å². The number of Topliss-reactive ketones (excluding diaryl/α,β-unsaturated/α-hetero) is 1. The molecule has 0 spiro atoms. The maximum absolute atomic E-state index is 13.0. The molecule has 1 unspecified atom stereocenters. The Morgan fingerprint density at radius 1 is 0.970 bits per heavy atom. The van der Waals surface area contributed by atoms with E-state index in [2.05, 4.69) is 4.98 Å². The van der Waals surface area contributed by atoms with Crippen molar-refractivity contribution in [2.75, 3.05) is 7.11 Å². The molecule has 1 aliphatic rings. The summed E-state index contributed by atoms with van der Waals surface area (Å²) in [6.07, 6.45) is 2.95. The predicted molar refractivity (Wildman–Crippen MR) is 118 cm³/mol. The highest BCUT2D eigenvalue weighted by Crippen LogP contribution is 2.40. The number of carbonyl (C=O) groups excluding carboxylic acids is 3. The van der Waals surface area contributed by atoms with Crippen LogP contribution in [0.15, 0.2) is 78.6 Å². The van der Waals surface area contributed by atoms with E-state index in [9.17, 15) is 24.6 Å². The molecular weight excluding hydrogens is 424 g/mol. The molecule has 3 aromatic rings. The summed E-state index contributed by atoms with van der Waals surface area (Å²) in [5, 5.41) is 20.6. The number of pyridine rings is 1. The number of esters is 1. The van der Waals surface area contributed by atoms with Crippen LogP contribution in [0.4, 0.5) is 0 Å². The first kappa shape index (κ1) is 21.8. The van der Waals surface area contributed by atoms with Gasteiger partial charge in [0, 0.05) is 24.5 Å². The third-order valence-electron chi connectivity index (χ3n) is 5.43. The first-order chi connectivity index (χ1) is 15.9. The van der Waals surface area contributed by atoms with E-state index >= 15 is 0 Å². The zero-order chi connectivity index (χ0) is 23.5. The summed E-state index contributed by atoms with van der Waals surface area (Å²) >= 11 is 0. The second-order valence-corrected chi connectivity index (χ2v) is 7.44. The van der Waals surface area contributed by atoms with Crippen LogP contribution in [0.1, 0.15) is 33.1 Å². The van der Waals surface area contributed by atoms with Gasteiger partial charge in [0.05, 0.1) is 24.3 Å². The second-order valence-electron chi connectivity index (χ2n) is 7.44. The largest absolute Gasteiger partial charge is 0.508 e.